The lowest BCUT2D eigenvalue weighted by Gasteiger charge is -2.52. The number of nitrogens with one attached hydrogen (secondary N) is 1. The van der Waals surface area contributed by atoms with Gasteiger partial charge in [-0.25, -0.2) is 0 Å². The monoisotopic (exact) mass is 183 g/mol. The van der Waals surface area contributed by atoms with Crippen molar-refractivity contribution in [1.29, 1.82) is 0 Å². The van der Waals surface area contributed by atoms with E-state index >= 15 is 0 Å². The first-order valence-electron chi connectivity index (χ1n) is 5.50. The predicted octanol–water partition coefficient (Wildman–Crippen LogP) is 1.80. The maximum Gasteiger partial charge on any atom is 0.0816 e. The summed E-state index contributed by atoms with van der Waals surface area (Å²) in [6.45, 7) is 8.89. The van der Waals surface area contributed by atoms with E-state index in [1.165, 1.54) is 12.8 Å². The molecule has 0 aromatic carbocycles. The largest absolute Gasteiger partial charge is 0.369 e. The van der Waals surface area contributed by atoms with Gasteiger partial charge in [0.05, 0.1) is 11.7 Å². The Hall–Kier alpha value is -0.0800. The van der Waals surface area contributed by atoms with Crippen LogP contribution >= 0.6 is 0 Å². The van der Waals surface area contributed by atoms with E-state index in [0.29, 0.717) is 6.10 Å². The summed E-state index contributed by atoms with van der Waals surface area (Å²) in [5, 5.41) is 3.46. The molecule has 13 heavy (non-hydrogen) atoms. The van der Waals surface area contributed by atoms with E-state index in [4.69, 9.17) is 4.74 Å². The summed E-state index contributed by atoms with van der Waals surface area (Å²) in [7, 11) is 0. The molecule has 1 aliphatic carbocycles. The lowest BCUT2D eigenvalue weighted by Crippen LogP contribution is -2.60. The molecular weight excluding hydrogens is 162 g/mol. The first-order valence-corrected chi connectivity index (χ1v) is 5.50. The molecule has 2 rings (SSSR count). The Labute approximate surface area is 81.0 Å². The second kappa shape index (κ2) is 3.25. The highest BCUT2D eigenvalue weighted by atomic mass is 16.5. The summed E-state index contributed by atoms with van der Waals surface area (Å²) in [5.41, 5.74) is 0.215. The van der Waals surface area contributed by atoms with E-state index in [0.717, 1.165) is 24.9 Å². The number of rotatable bonds is 1. The second-order valence-corrected chi connectivity index (χ2v) is 5.15. The lowest BCUT2D eigenvalue weighted by molar-refractivity contribution is -0.180. The van der Waals surface area contributed by atoms with Crippen molar-refractivity contribution in [3.8, 4) is 0 Å². The van der Waals surface area contributed by atoms with E-state index in [1.54, 1.807) is 0 Å². The van der Waals surface area contributed by atoms with Crippen LogP contribution in [0.2, 0.25) is 0 Å². The van der Waals surface area contributed by atoms with Crippen molar-refractivity contribution in [2.45, 2.75) is 45.3 Å². The van der Waals surface area contributed by atoms with Gasteiger partial charge in [-0.15, -0.1) is 0 Å². The minimum atomic E-state index is 0.215. The van der Waals surface area contributed by atoms with Crippen molar-refractivity contribution in [1.82, 2.24) is 5.32 Å². The Bertz CT molecular complexity index is 185. The molecule has 2 nitrogen and oxygen atoms in total. The summed E-state index contributed by atoms with van der Waals surface area (Å²) in [4.78, 5) is 0. The second-order valence-electron chi connectivity index (χ2n) is 5.15. The molecule has 0 aromatic rings. The molecule has 1 unspecified atom stereocenters. The number of hydrogen-bond acceptors (Lipinski definition) is 2. The van der Waals surface area contributed by atoms with Gasteiger partial charge in [0.25, 0.3) is 0 Å². The van der Waals surface area contributed by atoms with Crippen molar-refractivity contribution >= 4 is 0 Å². The molecule has 0 bridgehead atoms. The van der Waals surface area contributed by atoms with Gasteiger partial charge in [0.2, 0.25) is 0 Å². The maximum atomic E-state index is 6.03. The van der Waals surface area contributed by atoms with Gasteiger partial charge in [-0.1, -0.05) is 13.8 Å². The van der Waals surface area contributed by atoms with Crippen LogP contribution in [0.5, 0.6) is 0 Å². The van der Waals surface area contributed by atoms with Gasteiger partial charge < -0.3 is 10.1 Å². The highest BCUT2D eigenvalue weighted by molar-refractivity contribution is 5.00. The third kappa shape index (κ3) is 1.75. The van der Waals surface area contributed by atoms with Gasteiger partial charge >= 0.3 is 0 Å². The Morgan fingerprint density at radius 3 is 2.62 bits per heavy atom. The maximum absolute atomic E-state index is 6.03. The molecule has 0 amide bonds. The summed E-state index contributed by atoms with van der Waals surface area (Å²) < 4.78 is 6.03. The summed E-state index contributed by atoms with van der Waals surface area (Å²) in [5.74, 6) is 1.72. The fourth-order valence-corrected chi connectivity index (χ4v) is 2.62. The topological polar surface area (TPSA) is 21.3 Å². The molecule has 0 aromatic heterocycles. The van der Waals surface area contributed by atoms with Crippen LogP contribution in [0.1, 0.15) is 33.6 Å². The van der Waals surface area contributed by atoms with Gasteiger partial charge in [-0.3, -0.25) is 0 Å². The van der Waals surface area contributed by atoms with Crippen LogP contribution < -0.4 is 5.32 Å². The smallest absolute Gasteiger partial charge is 0.0816 e. The van der Waals surface area contributed by atoms with E-state index in [-0.39, 0.29) is 5.60 Å². The van der Waals surface area contributed by atoms with Crippen molar-refractivity contribution in [2.75, 3.05) is 13.1 Å². The van der Waals surface area contributed by atoms with Crippen LogP contribution in [-0.2, 0) is 4.74 Å². The van der Waals surface area contributed by atoms with E-state index in [1.807, 2.05) is 0 Å². The molecule has 1 atom stereocenters. The predicted molar refractivity (Wildman–Crippen MR) is 53.7 cm³/mol. The van der Waals surface area contributed by atoms with Gasteiger partial charge in [-0.2, -0.15) is 0 Å². The van der Waals surface area contributed by atoms with Crippen LogP contribution in [0.4, 0.5) is 0 Å². The van der Waals surface area contributed by atoms with Crippen molar-refractivity contribution in [3.05, 3.63) is 0 Å². The normalized spacial score (nSPS) is 45.2. The number of morpholine rings is 1. The molecule has 1 N–H and O–H groups in total. The van der Waals surface area contributed by atoms with Crippen molar-refractivity contribution in [3.63, 3.8) is 0 Å². The third-order valence-corrected chi connectivity index (χ3v) is 3.54. The third-order valence-electron chi connectivity index (χ3n) is 3.54. The zero-order valence-corrected chi connectivity index (χ0v) is 8.97. The standard InChI is InChI=1S/C11H21NO/c1-8(2)10-4-11(5-10)7-12-6-9(3)13-11/h8-10,12H,4-7H2,1-3H3. The molecular formula is C11H21NO. The summed E-state index contributed by atoms with van der Waals surface area (Å²) >= 11 is 0. The number of ether oxygens (including phenoxy) is 1. The molecule has 1 aliphatic heterocycles. The molecule has 0 radical (unpaired) electrons. The average molecular weight is 183 g/mol. The molecule has 1 heterocycles. The Morgan fingerprint density at radius 2 is 2.08 bits per heavy atom. The van der Waals surface area contributed by atoms with E-state index in [2.05, 4.69) is 26.1 Å². The molecule has 2 fully saturated rings. The Morgan fingerprint density at radius 1 is 1.38 bits per heavy atom. The quantitative estimate of drug-likeness (QED) is 0.669. The number of hydrogen-bond donors (Lipinski definition) is 1. The summed E-state index contributed by atoms with van der Waals surface area (Å²) in [6.07, 6.45) is 2.94. The first kappa shape index (κ1) is 9.47. The molecule has 1 saturated heterocycles. The van der Waals surface area contributed by atoms with Gasteiger partial charge in [0.15, 0.2) is 0 Å². The lowest BCUT2D eigenvalue weighted by atomic mass is 9.65. The van der Waals surface area contributed by atoms with Gasteiger partial charge in [-0.05, 0) is 31.6 Å². The molecule has 2 aliphatic rings. The highest BCUT2D eigenvalue weighted by Gasteiger charge is 2.48. The zero-order chi connectivity index (χ0) is 9.47. The molecule has 2 heteroatoms. The molecule has 1 saturated carbocycles. The minimum Gasteiger partial charge on any atom is -0.369 e. The van der Waals surface area contributed by atoms with Crippen LogP contribution in [0.15, 0.2) is 0 Å². The SMILES string of the molecule is CC1CNCC2(CC(C(C)C)C2)O1. The van der Waals surface area contributed by atoms with Crippen LogP contribution in [0.25, 0.3) is 0 Å². The summed E-state index contributed by atoms with van der Waals surface area (Å²) in [6, 6.07) is 0. The molecule has 76 valence electrons. The Kier molecular flexibility index (Phi) is 2.37. The highest BCUT2D eigenvalue weighted by Crippen LogP contribution is 2.45. The zero-order valence-electron chi connectivity index (χ0n) is 8.97. The van der Waals surface area contributed by atoms with Crippen LogP contribution in [0, 0.1) is 11.8 Å². The van der Waals surface area contributed by atoms with Crippen LogP contribution in [0.3, 0.4) is 0 Å². The van der Waals surface area contributed by atoms with E-state index in [9.17, 15) is 0 Å². The van der Waals surface area contributed by atoms with Crippen molar-refractivity contribution in [2.24, 2.45) is 11.8 Å². The first-order chi connectivity index (χ1) is 6.11. The van der Waals surface area contributed by atoms with Gasteiger partial charge in [0.1, 0.15) is 0 Å². The fraction of sp³-hybridized carbons (Fsp3) is 1.00. The fourth-order valence-electron chi connectivity index (χ4n) is 2.62. The Balaban J connectivity index is 1.88. The van der Waals surface area contributed by atoms with Crippen LogP contribution in [-0.4, -0.2) is 24.8 Å². The van der Waals surface area contributed by atoms with Crippen molar-refractivity contribution < 1.29 is 4.74 Å². The minimum absolute atomic E-state index is 0.215. The van der Waals surface area contributed by atoms with E-state index < -0.39 is 0 Å². The average Bonchev–Trinajstić information content (AvgIpc) is 1.99. The van der Waals surface area contributed by atoms with Gasteiger partial charge in [0, 0.05) is 13.1 Å². The molecule has 1 spiro atoms.